The minimum Gasteiger partial charge on any atom is -0.315 e. The molecule has 2 aliphatic heterocycles. The molecule has 0 bridgehead atoms. The van der Waals surface area contributed by atoms with Crippen LogP contribution in [0.1, 0.15) is 39.5 Å². The number of nitrogens with one attached hydrogen (secondary N) is 1. The molecule has 2 heterocycles. The van der Waals surface area contributed by atoms with Gasteiger partial charge in [-0.15, -0.1) is 0 Å². The van der Waals surface area contributed by atoms with Crippen molar-refractivity contribution >= 4 is 0 Å². The van der Waals surface area contributed by atoms with E-state index >= 15 is 0 Å². The van der Waals surface area contributed by atoms with Crippen LogP contribution in [0.5, 0.6) is 0 Å². The summed E-state index contributed by atoms with van der Waals surface area (Å²) in [5.41, 5.74) is 0.544. The van der Waals surface area contributed by atoms with Crippen molar-refractivity contribution in [1.29, 1.82) is 0 Å². The van der Waals surface area contributed by atoms with Crippen molar-refractivity contribution in [3.8, 4) is 0 Å². The van der Waals surface area contributed by atoms with Gasteiger partial charge in [0, 0.05) is 18.6 Å². The van der Waals surface area contributed by atoms with Gasteiger partial charge in [0.15, 0.2) is 0 Å². The summed E-state index contributed by atoms with van der Waals surface area (Å²) < 4.78 is 0. The van der Waals surface area contributed by atoms with E-state index in [1.807, 2.05) is 0 Å². The predicted octanol–water partition coefficient (Wildman–Crippen LogP) is 1.86. The Morgan fingerprint density at radius 3 is 2.71 bits per heavy atom. The largest absolute Gasteiger partial charge is 0.315 e. The maximum atomic E-state index is 3.58. The highest BCUT2D eigenvalue weighted by molar-refractivity contribution is 4.99. The number of hydrogen-bond acceptors (Lipinski definition) is 2. The van der Waals surface area contributed by atoms with Gasteiger partial charge in [0.2, 0.25) is 0 Å². The molecule has 2 heteroatoms. The third-order valence-electron chi connectivity index (χ3n) is 3.78. The van der Waals surface area contributed by atoms with Crippen LogP contribution in [-0.4, -0.2) is 36.6 Å². The van der Waals surface area contributed by atoms with Crippen LogP contribution in [0, 0.1) is 5.92 Å². The van der Waals surface area contributed by atoms with Crippen molar-refractivity contribution < 1.29 is 0 Å². The first-order valence-corrected chi connectivity index (χ1v) is 6.19. The number of rotatable bonds is 2. The van der Waals surface area contributed by atoms with E-state index < -0.39 is 0 Å². The van der Waals surface area contributed by atoms with Crippen LogP contribution in [-0.2, 0) is 0 Å². The number of piperidine rings is 1. The Kier molecular flexibility index (Phi) is 3.13. The summed E-state index contributed by atoms with van der Waals surface area (Å²) in [6.07, 6.45) is 5.63. The lowest BCUT2D eigenvalue weighted by Gasteiger charge is -2.42. The fourth-order valence-corrected chi connectivity index (χ4v) is 3.16. The quantitative estimate of drug-likeness (QED) is 0.725. The van der Waals surface area contributed by atoms with Crippen molar-refractivity contribution in [2.45, 2.75) is 45.1 Å². The first kappa shape index (κ1) is 10.4. The van der Waals surface area contributed by atoms with Crippen LogP contribution in [0.3, 0.4) is 0 Å². The summed E-state index contributed by atoms with van der Waals surface area (Å²) >= 11 is 0. The first-order chi connectivity index (χ1) is 6.73. The zero-order valence-electron chi connectivity index (χ0n) is 9.68. The molecule has 2 fully saturated rings. The molecule has 1 N–H and O–H groups in total. The van der Waals surface area contributed by atoms with Crippen LogP contribution in [0.2, 0.25) is 0 Å². The maximum absolute atomic E-state index is 3.58. The molecule has 1 atom stereocenters. The Balaban J connectivity index is 2.00. The SMILES string of the molecule is CC(C)CN1CCCC12CCCNC2. The van der Waals surface area contributed by atoms with E-state index in [1.165, 1.54) is 51.9 Å². The second-order valence-corrected chi connectivity index (χ2v) is 5.45. The second-order valence-electron chi connectivity index (χ2n) is 5.45. The minimum atomic E-state index is 0.544. The highest BCUT2D eigenvalue weighted by atomic mass is 15.2. The predicted molar refractivity (Wildman–Crippen MR) is 60.5 cm³/mol. The van der Waals surface area contributed by atoms with Gasteiger partial charge < -0.3 is 5.32 Å². The van der Waals surface area contributed by atoms with Crippen LogP contribution in [0.25, 0.3) is 0 Å². The van der Waals surface area contributed by atoms with E-state index in [2.05, 4.69) is 24.1 Å². The molecule has 14 heavy (non-hydrogen) atoms. The van der Waals surface area contributed by atoms with Gasteiger partial charge in [-0.05, 0) is 44.7 Å². The zero-order valence-corrected chi connectivity index (χ0v) is 9.68. The molecule has 1 spiro atoms. The van der Waals surface area contributed by atoms with Gasteiger partial charge in [-0.3, -0.25) is 4.90 Å². The fourth-order valence-electron chi connectivity index (χ4n) is 3.16. The van der Waals surface area contributed by atoms with Crippen LogP contribution in [0.15, 0.2) is 0 Å². The zero-order chi connectivity index (χ0) is 10.0. The molecule has 2 saturated heterocycles. The molecular weight excluding hydrogens is 172 g/mol. The van der Waals surface area contributed by atoms with Crippen molar-refractivity contribution in [3.05, 3.63) is 0 Å². The maximum Gasteiger partial charge on any atom is 0.0335 e. The van der Waals surface area contributed by atoms with Crippen LogP contribution in [0.4, 0.5) is 0 Å². The lowest BCUT2D eigenvalue weighted by atomic mass is 9.87. The van der Waals surface area contributed by atoms with E-state index in [0.717, 1.165) is 5.92 Å². The standard InChI is InChI=1S/C12H24N2/c1-11(2)9-14-8-4-6-12(14)5-3-7-13-10-12/h11,13H,3-10H2,1-2H3. The van der Waals surface area contributed by atoms with Gasteiger partial charge in [-0.1, -0.05) is 13.8 Å². The normalized spacial score (nSPS) is 34.5. The van der Waals surface area contributed by atoms with Gasteiger partial charge in [0.1, 0.15) is 0 Å². The molecule has 0 aliphatic carbocycles. The van der Waals surface area contributed by atoms with Crippen molar-refractivity contribution in [2.24, 2.45) is 5.92 Å². The lowest BCUT2D eigenvalue weighted by Crippen LogP contribution is -2.55. The smallest absolute Gasteiger partial charge is 0.0335 e. The minimum absolute atomic E-state index is 0.544. The van der Waals surface area contributed by atoms with E-state index in [4.69, 9.17) is 0 Å². The lowest BCUT2D eigenvalue weighted by molar-refractivity contribution is 0.0933. The van der Waals surface area contributed by atoms with Gasteiger partial charge >= 0.3 is 0 Å². The van der Waals surface area contributed by atoms with Crippen LogP contribution < -0.4 is 5.32 Å². The number of likely N-dealkylation sites (tertiary alicyclic amines) is 1. The van der Waals surface area contributed by atoms with E-state index in [1.54, 1.807) is 0 Å². The molecule has 0 amide bonds. The molecule has 0 aromatic rings. The Labute approximate surface area is 88.1 Å². The summed E-state index contributed by atoms with van der Waals surface area (Å²) in [6, 6.07) is 0. The van der Waals surface area contributed by atoms with E-state index in [-0.39, 0.29) is 0 Å². The molecule has 0 aromatic heterocycles. The molecule has 1 unspecified atom stereocenters. The van der Waals surface area contributed by atoms with Crippen molar-refractivity contribution in [1.82, 2.24) is 10.2 Å². The third kappa shape index (κ3) is 1.96. The fraction of sp³-hybridized carbons (Fsp3) is 1.00. The van der Waals surface area contributed by atoms with E-state index in [9.17, 15) is 0 Å². The average molecular weight is 196 g/mol. The second kappa shape index (κ2) is 4.19. The highest BCUT2D eigenvalue weighted by Gasteiger charge is 2.41. The Bertz CT molecular complexity index is 183. The summed E-state index contributed by atoms with van der Waals surface area (Å²) in [6.45, 7) is 9.77. The molecule has 0 saturated carbocycles. The van der Waals surface area contributed by atoms with E-state index in [0.29, 0.717) is 5.54 Å². The monoisotopic (exact) mass is 196 g/mol. The average Bonchev–Trinajstić information content (AvgIpc) is 2.50. The summed E-state index contributed by atoms with van der Waals surface area (Å²) in [7, 11) is 0. The van der Waals surface area contributed by atoms with Gasteiger partial charge in [-0.25, -0.2) is 0 Å². The number of hydrogen-bond donors (Lipinski definition) is 1. The summed E-state index contributed by atoms with van der Waals surface area (Å²) in [4.78, 5) is 2.75. The molecule has 0 radical (unpaired) electrons. The molecule has 2 nitrogen and oxygen atoms in total. The topological polar surface area (TPSA) is 15.3 Å². The molecule has 2 rings (SSSR count). The molecule has 2 aliphatic rings. The van der Waals surface area contributed by atoms with Gasteiger partial charge in [0.05, 0.1) is 0 Å². The molecule has 82 valence electrons. The summed E-state index contributed by atoms with van der Waals surface area (Å²) in [5, 5.41) is 3.58. The Morgan fingerprint density at radius 1 is 1.29 bits per heavy atom. The Hall–Kier alpha value is -0.0800. The highest BCUT2D eigenvalue weighted by Crippen LogP contribution is 2.35. The van der Waals surface area contributed by atoms with Gasteiger partial charge in [0.25, 0.3) is 0 Å². The first-order valence-electron chi connectivity index (χ1n) is 6.19. The number of nitrogens with zero attached hydrogens (tertiary/aromatic N) is 1. The molecule has 0 aromatic carbocycles. The Morgan fingerprint density at radius 2 is 2.07 bits per heavy atom. The van der Waals surface area contributed by atoms with Crippen molar-refractivity contribution in [3.63, 3.8) is 0 Å². The van der Waals surface area contributed by atoms with Crippen LogP contribution >= 0.6 is 0 Å². The third-order valence-corrected chi connectivity index (χ3v) is 3.78. The van der Waals surface area contributed by atoms with Crippen molar-refractivity contribution in [2.75, 3.05) is 26.2 Å². The summed E-state index contributed by atoms with van der Waals surface area (Å²) in [5.74, 6) is 0.812. The molecular formula is C12H24N2. The van der Waals surface area contributed by atoms with Gasteiger partial charge in [-0.2, -0.15) is 0 Å².